The normalized spacial score (nSPS) is 17.0. The minimum Gasteiger partial charge on any atom is -0.465 e. The average molecular weight is 434 g/mol. The number of hydrogen-bond donors (Lipinski definition) is 1. The van der Waals surface area contributed by atoms with E-state index in [1.54, 1.807) is 42.5 Å². The Morgan fingerprint density at radius 3 is 2.50 bits per heavy atom. The smallest absolute Gasteiger partial charge is 0.335 e. The second-order valence-electron chi connectivity index (χ2n) is 4.83. The number of barbiturate groups is 1. The Morgan fingerprint density at radius 2 is 1.83 bits per heavy atom. The number of carbonyl (C=O) groups excluding carboxylic acids is 3. The second-order valence-corrected chi connectivity index (χ2v) is 6.08. The lowest BCUT2D eigenvalue weighted by atomic mass is 10.1. The lowest BCUT2D eigenvalue weighted by Gasteiger charge is -2.26. The van der Waals surface area contributed by atoms with Gasteiger partial charge < -0.3 is 4.42 Å². The number of nitrogens with zero attached hydrogens (tertiary/aromatic N) is 1. The van der Waals surface area contributed by atoms with Crippen LogP contribution in [0.15, 0.2) is 64.8 Å². The van der Waals surface area contributed by atoms with Crippen LogP contribution in [-0.4, -0.2) is 17.8 Å². The van der Waals surface area contributed by atoms with E-state index in [1.165, 1.54) is 18.4 Å². The fourth-order valence-corrected chi connectivity index (χ4v) is 2.49. The number of carbonyl (C=O) groups is 3. The number of allylic oxidation sites excluding steroid dienone is 2. The van der Waals surface area contributed by atoms with Gasteiger partial charge in [0, 0.05) is 3.57 Å². The molecule has 120 valence electrons. The SMILES string of the molecule is O=C1NC(=O)N(c2ccc(I)cc2)C(=O)C1=CC=Cc1ccco1. The summed E-state index contributed by atoms with van der Waals surface area (Å²) in [6.07, 6.45) is 6.00. The van der Waals surface area contributed by atoms with Gasteiger partial charge in [-0.3, -0.25) is 14.9 Å². The Kier molecular flexibility index (Phi) is 4.61. The molecule has 0 aliphatic carbocycles. The number of nitrogens with one attached hydrogen (secondary N) is 1. The van der Waals surface area contributed by atoms with Crippen molar-refractivity contribution in [3.05, 3.63) is 69.7 Å². The first-order valence-corrected chi connectivity index (χ1v) is 8.01. The summed E-state index contributed by atoms with van der Waals surface area (Å²) in [5.41, 5.74) is 0.266. The first-order chi connectivity index (χ1) is 11.6. The number of anilines is 1. The van der Waals surface area contributed by atoms with E-state index < -0.39 is 17.8 Å². The molecule has 0 saturated carbocycles. The molecule has 2 aromatic rings. The standard InChI is InChI=1S/C17H11IN2O4/c18-11-6-8-12(9-7-11)20-16(22)14(15(21)19-17(20)23)5-1-3-13-4-2-10-24-13/h1-10H,(H,19,21,23). The van der Waals surface area contributed by atoms with Gasteiger partial charge in [-0.05, 0) is 71.1 Å². The lowest BCUT2D eigenvalue weighted by Crippen LogP contribution is -2.54. The van der Waals surface area contributed by atoms with E-state index in [0.717, 1.165) is 8.47 Å². The van der Waals surface area contributed by atoms with Gasteiger partial charge in [0.05, 0.1) is 12.0 Å². The van der Waals surface area contributed by atoms with E-state index in [2.05, 4.69) is 27.9 Å². The van der Waals surface area contributed by atoms with Crippen LogP contribution in [0, 0.1) is 3.57 Å². The van der Waals surface area contributed by atoms with Gasteiger partial charge in [-0.1, -0.05) is 6.08 Å². The molecule has 0 unspecified atom stereocenters. The summed E-state index contributed by atoms with van der Waals surface area (Å²) in [7, 11) is 0. The van der Waals surface area contributed by atoms with Crippen LogP contribution in [0.25, 0.3) is 6.08 Å². The molecular formula is C17H11IN2O4. The highest BCUT2D eigenvalue weighted by atomic mass is 127. The van der Waals surface area contributed by atoms with Crippen LogP contribution in [0.4, 0.5) is 10.5 Å². The third-order valence-electron chi connectivity index (χ3n) is 3.25. The molecule has 0 spiro atoms. The average Bonchev–Trinajstić information content (AvgIpc) is 3.05. The van der Waals surface area contributed by atoms with Gasteiger partial charge in [0.25, 0.3) is 11.8 Å². The molecule has 0 radical (unpaired) electrons. The highest BCUT2D eigenvalue weighted by molar-refractivity contribution is 14.1. The van der Waals surface area contributed by atoms with Crippen LogP contribution in [0.2, 0.25) is 0 Å². The number of urea groups is 1. The minimum absolute atomic E-state index is 0.129. The number of amides is 4. The molecular weight excluding hydrogens is 423 g/mol. The lowest BCUT2D eigenvalue weighted by molar-refractivity contribution is -0.122. The predicted octanol–water partition coefficient (Wildman–Crippen LogP) is 3.11. The Labute approximate surface area is 151 Å². The molecule has 7 heteroatoms. The molecule has 1 aliphatic rings. The first-order valence-electron chi connectivity index (χ1n) is 6.93. The molecule has 0 bridgehead atoms. The highest BCUT2D eigenvalue weighted by Crippen LogP contribution is 2.21. The van der Waals surface area contributed by atoms with Crippen molar-refractivity contribution in [3.8, 4) is 0 Å². The van der Waals surface area contributed by atoms with E-state index in [0.29, 0.717) is 11.4 Å². The van der Waals surface area contributed by atoms with E-state index >= 15 is 0 Å². The zero-order chi connectivity index (χ0) is 17.1. The maximum absolute atomic E-state index is 12.5. The molecule has 1 aliphatic heterocycles. The fourth-order valence-electron chi connectivity index (χ4n) is 2.13. The van der Waals surface area contributed by atoms with Crippen molar-refractivity contribution in [2.24, 2.45) is 0 Å². The van der Waals surface area contributed by atoms with Gasteiger partial charge >= 0.3 is 6.03 Å². The first kappa shape index (κ1) is 16.2. The summed E-state index contributed by atoms with van der Waals surface area (Å²) >= 11 is 2.12. The third-order valence-corrected chi connectivity index (χ3v) is 3.97. The van der Waals surface area contributed by atoms with E-state index in [-0.39, 0.29) is 5.57 Å². The van der Waals surface area contributed by atoms with Crippen LogP contribution >= 0.6 is 22.6 Å². The van der Waals surface area contributed by atoms with Gasteiger partial charge in [0.1, 0.15) is 11.3 Å². The van der Waals surface area contributed by atoms with Crippen LogP contribution in [0.3, 0.4) is 0 Å². The topological polar surface area (TPSA) is 79.6 Å². The van der Waals surface area contributed by atoms with E-state index in [1.807, 2.05) is 0 Å². The third kappa shape index (κ3) is 3.30. The number of rotatable bonds is 3. The van der Waals surface area contributed by atoms with Crippen molar-refractivity contribution < 1.29 is 18.8 Å². The van der Waals surface area contributed by atoms with Gasteiger partial charge in [-0.15, -0.1) is 0 Å². The van der Waals surface area contributed by atoms with Crippen molar-refractivity contribution in [1.82, 2.24) is 5.32 Å². The van der Waals surface area contributed by atoms with Crippen LogP contribution in [-0.2, 0) is 9.59 Å². The number of imide groups is 2. The van der Waals surface area contributed by atoms with Crippen molar-refractivity contribution in [3.63, 3.8) is 0 Å². The van der Waals surface area contributed by atoms with Gasteiger partial charge in [-0.2, -0.15) is 0 Å². The number of halogens is 1. The summed E-state index contributed by atoms with van der Waals surface area (Å²) in [5.74, 6) is -0.814. The summed E-state index contributed by atoms with van der Waals surface area (Å²) in [5, 5.41) is 2.17. The van der Waals surface area contributed by atoms with Gasteiger partial charge in [-0.25, -0.2) is 9.69 Å². The summed E-state index contributed by atoms with van der Waals surface area (Å²) < 4.78 is 6.10. The molecule has 3 rings (SSSR count). The van der Waals surface area contributed by atoms with Crippen LogP contribution in [0.5, 0.6) is 0 Å². The van der Waals surface area contributed by atoms with E-state index in [9.17, 15) is 14.4 Å². The quantitative estimate of drug-likeness (QED) is 0.458. The molecule has 24 heavy (non-hydrogen) atoms. The molecule has 1 aromatic carbocycles. The minimum atomic E-state index is -0.765. The Hall–Kier alpha value is -2.68. The maximum atomic E-state index is 12.5. The summed E-state index contributed by atoms with van der Waals surface area (Å²) in [6.45, 7) is 0. The number of benzene rings is 1. The van der Waals surface area contributed by atoms with Crippen molar-refractivity contribution in [1.29, 1.82) is 0 Å². The van der Waals surface area contributed by atoms with Crippen molar-refractivity contribution in [2.75, 3.05) is 4.90 Å². The largest absolute Gasteiger partial charge is 0.465 e. The number of hydrogen-bond acceptors (Lipinski definition) is 4. The summed E-state index contributed by atoms with van der Waals surface area (Å²) in [6, 6.07) is 9.52. The second kappa shape index (κ2) is 6.83. The molecule has 2 heterocycles. The predicted molar refractivity (Wildman–Crippen MR) is 96.0 cm³/mol. The maximum Gasteiger partial charge on any atom is 0.335 e. The summed E-state index contributed by atoms with van der Waals surface area (Å²) in [4.78, 5) is 37.4. The molecule has 1 fully saturated rings. The highest BCUT2D eigenvalue weighted by Gasteiger charge is 2.36. The van der Waals surface area contributed by atoms with Crippen molar-refractivity contribution >= 4 is 52.2 Å². The van der Waals surface area contributed by atoms with Gasteiger partial charge in [0.2, 0.25) is 0 Å². The molecule has 1 aromatic heterocycles. The number of furan rings is 1. The Morgan fingerprint density at radius 1 is 1.08 bits per heavy atom. The molecule has 1 saturated heterocycles. The zero-order valence-electron chi connectivity index (χ0n) is 12.2. The van der Waals surface area contributed by atoms with Crippen LogP contribution < -0.4 is 10.2 Å². The Balaban J connectivity index is 1.89. The fraction of sp³-hybridized carbons (Fsp3) is 0. The molecule has 0 atom stereocenters. The molecule has 6 nitrogen and oxygen atoms in total. The van der Waals surface area contributed by atoms with Crippen molar-refractivity contribution in [2.45, 2.75) is 0 Å². The van der Waals surface area contributed by atoms with E-state index in [4.69, 9.17) is 4.42 Å². The Bertz CT molecular complexity index is 851. The monoisotopic (exact) mass is 434 g/mol. The molecule has 4 amide bonds. The van der Waals surface area contributed by atoms with Crippen LogP contribution in [0.1, 0.15) is 5.76 Å². The van der Waals surface area contributed by atoms with Gasteiger partial charge in [0.15, 0.2) is 0 Å². The molecule has 1 N–H and O–H groups in total. The zero-order valence-corrected chi connectivity index (χ0v) is 14.4.